The summed E-state index contributed by atoms with van der Waals surface area (Å²) in [5.74, 6) is 1.97. The molecule has 0 amide bonds. The summed E-state index contributed by atoms with van der Waals surface area (Å²) in [4.78, 5) is 14.6. The van der Waals surface area contributed by atoms with Gasteiger partial charge in [-0.05, 0) is 45.8 Å². The van der Waals surface area contributed by atoms with Gasteiger partial charge in [0.1, 0.15) is 0 Å². The van der Waals surface area contributed by atoms with E-state index < -0.39 is 0 Å². The summed E-state index contributed by atoms with van der Waals surface area (Å²) < 4.78 is 0.986. The monoisotopic (exact) mass is 487 g/mol. The fourth-order valence-electron chi connectivity index (χ4n) is 4.05. The number of hydrogen-bond acceptors (Lipinski definition) is 3. The maximum absolute atomic E-state index is 4.90. The number of hydrogen-bond donors (Lipinski definition) is 0. The predicted octanol–water partition coefficient (Wildman–Crippen LogP) is 7.94. The molecule has 3 nitrogen and oxygen atoms in total. The lowest BCUT2D eigenvalue weighted by Crippen LogP contribution is -2.00. The lowest BCUT2D eigenvalue weighted by atomic mass is 10.1. The lowest BCUT2D eigenvalue weighted by molar-refractivity contribution is 1.07. The van der Waals surface area contributed by atoms with Gasteiger partial charge in [0.05, 0.1) is 0 Å². The Labute approximate surface area is 199 Å². The van der Waals surface area contributed by atoms with Crippen LogP contribution < -0.4 is 0 Å². The quantitative estimate of drug-likeness (QED) is 0.254. The van der Waals surface area contributed by atoms with E-state index >= 15 is 0 Å². The van der Waals surface area contributed by atoms with Gasteiger partial charge in [-0.2, -0.15) is 0 Å². The molecule has 0 aliphatic carbocycles. The van der Waals surface area contributed by atoms with Crippen LogP contribution in [0.3, 0.4) is 0 Å². The first-order valence-corrected chi connectivity index (χ1v) is 11.5. The molecule has 1 heterocycles. The van der Waals surface area contributed by atoms with Crippen molar-refractivity contribution in [1.29, 1.82) is 0 Å². The van der Waals surface area contributed by atoms with Crippen LogP contribution in [0.4, 0.5) is 0 Å². The van der Waals surface area contributed by atoms with Crippen LogP contribution in [0.5, 0.6) is 0 Å². The van der Waals surface area contributed by atoms with Crippen LogP contribution in [0.25, 0.3) is 55.7 Å². The van der Waals surface area contributed by atoms with E-state index in [2.05, 4.69) is 76.6 Å². The molecule has 0 atom stereocenters. The Morgan fingerprint density at radius 3 is 1.33 bits per heavy atom. The molecule has 5 aromatic carbocycles. The van der Waals surface area contributed by atoms with Crippen molar-refractivity contribution < 1.29 is 0 Å². The number of rotatable bonds is 3. The minimum absolute atomic E-state index is 0.651. The van der Waals surface area contributed by atoms with E-state index in [0.29, 0.717) is 17.5 Å². The molecular formula is C29H18BrN3. The summed E-state index contributed by atoms with van der Waals surface area (Å²) in [6.07, 6.45) is 0. The highest BCUT2D eigenvalue weighted by Gasteiger charge is 2.13. The van der Waals surface area contributed by atoms with E-state index in [4.69, 9.17) is 15.0 Å². The SMILES string of the molecule is Brc1cccc(-c2nc(-c3ccc4ccccc4c3)nc(-c3ccc4ccccc4c3)n2)c1. The Bertz CT molecular complexity index is 1540. The molecule has 0 unspecified atom stereocenters. The maximum atomic E-state index is 4.90. The highest BCUT2D eigenvalue weighted by atomic mass is 79.9. The van der Waals surface area contributed by atoms with E-state index in [-0.39, 0.29) is 0 Å². The molecule has 6 rings (SSSR count). The zero-order valence-corrected chi connectivity index (χ0v) is 19.2. The molecule has 0 radical (unpaired) electrons. The van der Waals surface area contributed by atoms with Gasteiger partial charge in [0, 0.05) is 21.2 Å². The van der Waals surface area contributed by atoms with E-state index in [0.717, 1.165) is 31.9 Å². The van der Waals surface area contributed by atoms with Crippen molar-refractivity contribution >= 4 is 37.5 Å². The summed E-state index contributed by atoms with van der Waals surface area (Å²) in [5.41, 5.74) is 2.87. The second kappa shape index (κ2) is 8.23. The number of halogens is 1. The molecule has 156 valence electrons. The average molecular weight is 488 g/mol. The van der Waals surface area contributed by atoms with Crippen molar-refractivity contribution in [1.82, 2.24) is 15.0 Å². The average Bonchev–Trinajstić information content (AvgIpc) is 2.88. The van der Waals surface area contributed by atoms with Crippen molar-refractivity contribution in [2.24, 2.45) is 0 Å². The number of fused-ring (bicyclic) bond motifs is 2. The first-order chi connectivity index (χ1) is 16.2. The molecule has 0 aliphatic heterocycles. The summed E-state index contributed by atoms with van der Waals surface area (Å²) in [5, 5.41) is 4.70. The zero-order chi connectivity index (χ0) is 22.2. The second-order valence-electron chi connectivity index (χ2n) is 7.94. The van der Waals surface area contributed by atoms with Crippen molar-refractivity contribution in [3.8, 4) is 34.2 Å². The highest BCUT2D eigenvalue weighted by Crippen LogP contribution is 2.29. The van der Waals surface area contributed by atoms with Gasteiger partial charge in [0.2, 0.25) is 0 Å². The summed E-state index contributed by atoms with van der Waals surface area (Å²) in [7, 11) is 0. The molecule has 6 aromatic rings. The normalized spacial score (nSPS) is 11.2. The molecule has 4 heteroatoms. The fraction of sp³-hybridized carbons (Fsp3) is 0. The van der Waals surface area contributed by atoms with Gasteiger partial charge in [-0.25, -0.2) is 15.0 Å². The molecular weight excluding hydrogens is 470 g/mol. The molecule has 33 heavy (non-hydrogen) atoms. The molecule has 0 saturated heterocycles. The molecule has 0 fully saturated rings. The standard InChI is InChI=1S/C29H18BrN3/c30-26-11-5-10-23(18-26)27-31-28(24-14-12-19-6-1-3-8-21(19)16-24)33-29(32-27)25-15-13-20-7-2-4-9-22(20)17-25/h1-18H. The Kier molecular flexibility index (Phi) is 4.93. The largest absolute Gasteiger partial charge is 0.208 e. The number of aromatic nitrogens is 3. The van der Waals surface area contributed by atoms with Gasteiger partial charge in [0.25, 0.3) is 0 Å². The number of benzene rings is 5. The molecule has 0 bridgehead atoms. The number of nitrogens with zero attached hydrogens (tertiary/aromatic N) is 3. The van der Waals surface area contributed by atoms with Crippen molar-refractivity contribution in [2.75, 3.05) is 0 Å². The highest BCUT2D eigenvalue weighted by molar-refractivity contribution is 9.10. The Morgan fingerprint density at radius 2 is 0.848 bits per heavy atom. The fourth-order valence-corrected chi connectivity index (χ4v) is 4.45. The smallest absolute Gasteiger partial charge is 0.164 e. The summed E-state index contributed by atoms with van der Waals surface area (Å²) in [6, 6.07) is 37.3. The molecule has 0 N–H and O–H groups in total. The Balaban J connectivity index is 1.57. The topological polar surface area (TPSA) is 38.7 Å². The van der Waals surface area contributed by atoms with Crippen molar-refractivity contribution in [2.45, 2.75) is 0 Å². The minimum Gasteiger partial charge on any atom is -0.208 e. The van der Waals surface area contributed by atoms with Gasteiger partial charge in [-0.1, -0.05) is 101 Å². The van der Waals surface area contributed by atoms with Crippen LogP contribution in [0.1, 0.15) is 0 Å². The van der Waals surface area contributed by atoms with E-state index in [1.54, 1.807) is 0 Å². The van der Waals surface area contributed by atoms with Crippen LogP contribution in [0, 0.1) is 0 Å². The van der Waals surface area contributed by atoms with Crippen LogP contribution in [-0.4, -0.2) is 15.0 Å². The van der Waals surface area contributed by atoms with Gasteiger partial charge in [-0.3, -0.25) is 0 Å². The van der Waals surface area contributed by atoms with Gasteiger partial charge in [-0.15, -0.1) is 0 Å². The van der Waals surface area contributed by atoms with Gasteiger partial charge in [0.15, 0.2) is 17.5 Å². The molecule has 0 aliphatic rings. The van der Waals surface area contributed by atoms with Crippen LogP contribution >= 0.6 is 15.9 Å². The summed E-state index contributed by atoms with van der Waals surface area (Å²) >= 11 is 3.57. The van der Waals surface area contributed by atoms with Crippen LogP contribution in [0.2, 0.25) is 0 Å². The zero-order valence-electron chi connectivity index (χ0n) is 17.6. The van der Waals surface area contributed by atoms with Crippen molar-refractivity contribution in [3.63, 3.8) is 0 Å². The minimum atomic E-state index is 0.651. The third kappa shape index (κ3) is 3.90. The Hall–Kier alpha value is -3.89. The van der Waals surface area contributed by atoms with E-state index in [9.17, 15) is 0 Å². The van der Waals surface area contributed by atoms with Crippen LogP contribution in [0.15, 0.2) is 114 Å². The van der Waals surface area contributed by atoms with Crippen molar-refractivity contribution in [3.05, 3.63) is 114 Å². The molecule has 0 saturated carbocycles. The molecule has 1 aromatic heterocycles. The summed E-state index contributed by atoms with van der Waals surface area (Å²) in [6.45, 7) is 0. The second-order valence-corrected chi connectivity index (χ2v) is 8.86. The third-order valence-corrected chi connectivity index (χ3v) is 6.23. The van der Waals surface area contributed by atoms with E-state index in [1.165, 1.54) is 10.8 Å². The maximum Gasteiger partial charge on any atom is 0.164 e. The van der Waals surface area contributed by atoms with E-state index in [1.807, 2.05) is 48.5 Å². The lowest BCUT2D eigenvalue weighted by Gasteiger charge is -2.10. The first-order valence-electron chi connectivity index (χ1n) is 10.7. The van der Waals surface area contributed by atoms with Gasteiger partial charge < -0.3 is 0 Å². The first kappa shape index (κ1) is 19.8. The molecule has 0 spiro atoms. The predicted molar refractivity (Wildman–Crippen MR) is 139 cm³/mol. The third-order valence-electron chi connectivity index (χ3n) is 5.73. The van der Waals surface area contributed by atoms with Gasteiger partial charge >= 0.3 is 0 Å². The van der Waals surface area contributed by atoms with Crippen LogP contribution in [-0.2, 0) is 0 Å². The Morgan fingerprint density at radius 1 is 0.394 bits per heavy atom.